The van der Waals surface area contributed by atoms with E-state index in [-0.39, 0.29) is 11.5 Å². The zero-order chi connectivity index (χ0) is 14.1. The van der Waals surface area contributed by atoms with Crippen LogP contribution in [0.15, 0.2) is 41.2 Å². The molecule has 2 heterocycles. The van der Waals surface area contributed by atoms with Crippen molar-refractivity contribution in [3.63, 3.8) is 0 Å². The van der Waals surface area contributed by atoms with Gasteiger partial charge in [0.15, 0.2) is 0 Å². The number of hydrogen-bond donors (Lipinski definition) is 1. The van der Waals surface area contributed by atoms with Gasteiger partial charge < -0.3 is 9.63 Å². The van der Waals surface area contributed by atoms with Crippen molar-refractivity contribution < 1.29 is 14.4 Å². The predicted octanol–water partition coefficient (Wildman–Crippen LogP) is 1.84. The fraction of sp³-hybridized carbons (Fsp3) is 0.0769. The highest BCUT2D eigenvalue weighted by Crippen LogP contribution is 2.22. The van der Waals surface area contributed by atoms with Gasteiger partial charge in [0.2, 0.25) is 5.82 Å². The highest BCUT2D eigenvalue weighted by molar-refractivity contribution is 5.89. The first-order chi connectivity index (χ1) is 9.63. The van der Waals surface area contributed by atoms with E-state index in [2.05, 4.69) is 15.2 Å². The van der Waals surface area contributed by atoms with E-state index in [0.29, 0.717) is 11.4 Å². The molecule has 1 aromatic carbocycles. The summed E-state index contributed by atoms with van der Waals surface area (Å²) in [7, 11) is 1.79. The van der Waals surface area contributed by atoms with Crippen LogP contribution in [0.3, 0.4) is 0 Å². The van der Waals surface area contributed by atoms with Crippen LogP contribution in [0.4, 0.5) is 0 Å². The van der Waals surface area contributed by atoms with Gasteiger partial charge >= 0.3 is 5.97 Å². The van der Waals surface area contributed by atoms with E-state index in [0.717, 1.165) is 5.56 Å². The van der Waals surface area contributed by atoms with Gasteiger partial charge in [0.25, 0.3) is 5.89 Å². The molecule has 0 radical (unpaired) electrons. The van der Waals surface area contributed by atoms with Gasteiger partial charge in [-0.2, -0.15) is 10.1 Å². The first-order valence-electron chi connectivity index (χ1n) is 5.80. The van der Waals surface area contributed by atoms with Crippen LogP contribution in [0.5, 0.6) is 0 Å². The van der Waals surface area contributed by atoms with E-state index < -0.39 is 5.97 Å². The molecule has 0 amide bonds. The summed E-state index contributed by atoms with van der Waals surface area (Å²) < 4.78 is 6.79. The van der Waals surface area contributed by atoms with E-state index in [9.17, 15) is 4.79 Å². The summed E-state index contributed by atoms with van der Waals surface area (Å²) in [6, 6.07) is 6.34. The lowest BCUT2D eigenvalue weighted by molar-refractivity contribution is 0.0697. The zero-order valence-corrected chi connectivity index (χ0v) is 10.5. The molecular formula is C13H10N4O3. The number of aryl methyl sites for hydroxylation is 1. The third kappa shape index (κ3) is 2.16. The number of aromatic nitrogens is 4. The Morgan fingerprint density at radius 3 is 2.90 bits per heavy atom. The quantitative estimate of drug-likeness (QED) is 0.780. The average molecular weight is 270 g/mol. The molecule has 1 N–H and O–H groups in total. The van der Waals surface area contributed by atoms with Crippen molar-refractivity contribution in [1.29, 1.82) is 0 Å². The number of carboxylic acid groups (broad SMARTS) is 1. The van der Waals surface area contributed by atoms with Crippen molar-refractivity contribution in [2.45, 2.75) is 0 Å². The lowest BCUT2D eigenvalue weighted by Crippen LogP contribution is -1.95. The Morgan fingerprint density at radius 2 is 2.20 bits per heavy atom. The van der Waals surface area contributed by atoms with E-state index >= 15 is 0 Å². The summed E-state index contributed by atoms with van der Waals surface area (Å²) in [5.74, 6) is -0.320. The average Bonchev–Trinajstić information content (AvgIpc) is 3.07. The molecule has 0 aliphatic heterocycles. The van der Waals surface area contributed by atoms with Gasteiger partial charge in [0.05, 0.1) is 17.3 Å². The molecule has 0 spiro atoms. The van der Waals surface area contributed by atoms with Gasteiger partial charge in [-0.15, -0.1) is 0 Å². The first-order valence-corrected chi connectivity index (χ1v) is 5.80. The summed E-state index contributed by atoms with van der Waals surface area (Å²) in [5.41, 5.74) is 1.47. The normalized spacial score (nSPS) is 10.7. The minimum atomic E-state index is -1.00. The van der Waals surface area contributed by atoms with E-state index in [1.54, 1.807) is 36.3 Å². The molecule has 100 valence electrons. The van der Waals surface area contributed by atoms with Crippen molar-refractivity contribution >= 4 is 5.97 Å². The maximum absolute atomic E-state index is 10.9. The molecule has 0 aliphatic carbocycles. The second-order valence-electron chi connectivity index (χ2n) is 4.21. The molecule has 0 aliphatic rings. The summed E-state index contributed by atoms with van der Waals surface area (Å²) >= 11 is 0. The van der Waals surface area contributed by atoms with Gasteiger partial charge in [-0.3, -0.25) is 4.68 Å². The number of benzene rings is 1. The Morgan fingerprint density at radius 1 is 1.35 bits per heavy atom. The SMILES string of the molecule is Cn1cc(-c2noc(-c3cccc(C(=O)O)c3)n2)cn1. The lowest BCUT2D eigenvalue weighted by Gasteiger charge is -1.96. The first kappa shape index (κ1) is 12.1. The fourth-order valence-electron chi connectivity index (χ4n) is 1.78. The van der Waals surface area contributed by atoms with Gasteiger partial charge in [0, 0.05) is 18.8 Å². The third-order valence-corrected chi connectivity index (χ3v) is 2.75. The van der Waals surface area contributed by atoms with Crippen LogP contribution in [0.1, 0.15) is 10.4 Å². The molecule has 7 nitrogen and oxygen atoms in total. The van der Waals surface area contributed by atoms with Crippen molar-refractivity contribution in [2.75, 3.05) is 0 Å². The monoisotopic (exact) mass is 270 g/mol. The molecular weight excluding hydrogens is 260 g/mol. The molecule has 0 atom stereocenters. The lowest BCUT2D eigenvalue weighted by atomic mass is 10.1. The largest absolute Gasteiger partial charge is 0.478 e. The molecule has 0 saturated heterocycles. The Bertz CT molecular complexity index is 775. The minimum Gasteiger partial charge on any atom is -0.478 e. The summed E-state index contributed by atoms with van der Waals surface area (Å²) in [5, 5.41) is 16.9. The molecule has 0 saturated carbocycles. The van der Waals surface area contributed by atoms with Gasteiger partial charge in [-0.1, -0.05) is 11.2 Å². The van der Waals surface area contributed by atoms with Crippen molar-refractivity contribution in [1.82, 2.24) is 19.9 Å². The van der Waals surface area contributed by atoms with Gasteiger partial charge in [-0.25, -0.2) is 4.79 Å². The minimum absolute atomic E-state index is 0.170. The number of carboxylic acids is 1. The smallest absolute Gasteiger partial charge is 0.335 e. The van der Waals surface area contributed by atoms with Crippen molar-refractivity contribution in [2.24, 2.45) is 7.05 Å². The van der Waals surface area contributed by atoms with Crippen molar-refractivity contribution in [3.05, 3.63) is 42.2 Å². The molecule has 2 aromatic heterocycles. The summed E-state index contributed by atoms with van der Waals surface area (Å²) in [4.78, 5) is 15.2. The van der Waals surface area contributed by atoms with Crippen LogP contribution in [0.2, 0.25) is 0 Å². The maximum Gasteiger partial charge on any atom is 0.335 e. The molecule has 3 aromatic rings. The van der Waals surface area contributed by atoms with Crippen LogP contribution in [0.25, 0.3) is 22.8 Å². The predicted molar refractivity (Wildman–Crippen MR) is 68.9 cm³/mol. The summed E-state index contributed by atoms with van der Waals surface area (Å²) in [6.07, 6.45) is 3.39. The molecule has 0 fully saturated rings. The van der Waals surface area contributed by atoms with Crippen LogP contribution in [-0.4, -0.2) is 31.0 Å². The number of nitrogens with zero attached hydrogens (tertiary/aromatic N) is 4. The standard InChI is InChI=1S/C13H10N4O3/c1-17-7-10(6-14-17)11-15-12(20-16-11)8-3-2-4-9(5-8)13(18)19/h2-7H,1H3,(H,18,19). The van der Waals surface area contributed by atoms with Crippen LogP contribution in [0, 0.1) is 0 Å². The molecule has 20 heavy (non-hydrogen) atoms. The number of carbonyl (C=O) groups is 1. The fourth-order valence-corrected chi connectivity index (χ4v) is 1.78. The molecule has 3 rings (SSSR count). The molecule has 0 bridgehead atoms. The number of aromatic carboxylic acids is 1. The van der Waals surface area contributed by atoms with Crippen LogP contribution >= 0.6 is 0 Å². The second kappa shape index (κ2) is 4.61. The zero-order valence-electron chi connectivity index (χ0n) is 10.5. The Balaban J connectivity index is 1.98. The van der Waals surface area contributed by atoms with Crippen molar-refractivity contribution in [3.8, 4) is 22.8 Å². The number of rotatable bonds is 3. The topological polar surface area (TPSA) is 94.0 Å². The highest BCUT2D eigenvalue weighted by atomic mass is 16.5. The third-order valence-electron chi connectivity index (χ3n) is 2.75. The highest BCUT2D eigenvalue weighted by Gasteiger charge is 2.13. The second-order valence-corrected chi connectivity index (χ2v) is 4.21. The van der Waals surface area contributed by atoms with Gasteiger partial charge in [-0.05, 0) is 18.2 Å². The summed E-state index contributed by atoms with van der Waals surface area (Å²) in [6.45, 7) is 0. The maximum atomic E-state index is 10.9. The molecule has 0 unspecified atom stereocenters. The van der Waals surface area contributed by atoms with Gasteiger partial charge in [0.1, 0.15) is 0 Å². The number of hydrogen-bond acceptors (Lipinski definition) is 5. The van der Waals surface area contributed by atoms with E-state index in [1.807, 2.05) is 0 Å². The molecule has 7 heteroatoms. The Hall–Kier alpha value is -2.96. The Kier molecular flexibility index (Phi) is 2.79. The van der Waals surface area contributed by atoms with Crippen LogP contribution < -0.4 is 0 Å². The Labute approximate surface area is 113 Å². The van der Waals surface area contributed by atoms with Crippen LogP contribution in [-0.2, 0) is 7.05 Å². The van der Waals surface area contributed by atoms with E-state index in [1.165, 1.54) is 12.1 Å². The van der Waals surface area contributed by atoms with E-state index in [4.69, 9.17) is 9.63 Å².